The molecule has 3 aromatic carbocycles. The fourth-order valence-corrected chi connectivity index (χ4v) is 10.5. The van der Waals surface area contributed by atoms with E-state index in [1.807, 2.05) is 29.2 Å². The molecule has 6 aliphatic heterocycles. The number of nitriles is 1. The van der Waals surface area contributed by atoms with E-state index >= 15 is 0 Å². The summed E-state index contributed by atoms with van der Waals surface area (Å²) >= 11 is 6.39. The maximum atomic E-state index is 13.6. The van der Waals surface area contributed by atoms with Gasteiger partial charge in [-0.1, -0.05) is 17.7 Å². The second-order valence-electron chi connectivity index (χ2n) is 16.3. The molecule has 6 heterocycles. The molecule has 0 bridgehead atoms. The van der Waals surface area contributed by atoms with E-state index < -0.39 is 29.7 Å². The van der Waals surface area contributed by atoms with Crippen molar-refractivity contribution in [3.63, 3.8) is 0 Å². The third kappa shape index (κ3) is 6.37. The zero-order valence-corrected chi connectivity index (χ0v) is 32.5. The molecule has 292 valence electrons. The summed E-state index contributed by atoms with van der Waals surface area (Å²) in [6, 6.07) is 18.9. The lowest BCUT2D eigenvalue weighted by molar-refractivity contribution is -0.136. The molecule has 13 heteroatoms. The van der Waals surface area contributed by atoms with Crippen molar-refractivity contribution in [3.8, 4) is 6.07 Å². The number of hydrogen-bond acceptors (Lipinski definition) is 9. The van der Waals surface area contributed by atoms with Crippen molar-refractivity contribution in [1.82, 2.24) is 20.0 Å². The number of piperidine rings is 3. The second-order valence-corrected chi connectivity index (χ2v) is 16.7. The summed E-state index contributed by atoms with van der Waals surface area (Å²) in [7, 11) is 0. The van der Waals surface area contributed by atoms with Gasteiger partial charge in [0.05, 0.1) is 27.8 Å². The Balaban J connectivity index is 0.774. The third-order valence-electron chi connectivity index (χ3n) is 13.5. The Morgan fingerprint density at radius 1 is 0.842 bits per heavy atom. The first-order valence-electron chi connectivity index (χ1n) is 19.9. The Morgan fingerprint density at radius 2 is 1.47 bits per heavy atom. The SMILES string of the molecule is C=C[C@@H]1N(c2ccc(C#N)c(Cl)c2)CCC12CCN(c1ccc(C(=O)N3CCC(N4Cc5cc6c(cc5C4)C(=O)N(C4CCC(=O)NC4=O)C6=O)CC3)cc1)CC2. The molecule has 3 aromatic rings. The van der Waals surface area contributed by atoms with Crippen LogP contribution in [0.5, 0.6) is 0 Å². The van der Waals surface area contributed by atoms with Crippen molar-refractivity contribution in [1.29, 1.82) is 5.26 Å². The minimum Gasteiger partial charge on any atom is -0.371 e. The Morgan fingerprint density at radius 3 is 2.07 bits per heavy atom. The number of carbonyl (C=O) groups is 5. The lowest BCUT2D eigenvalue weighted by atomic mass is 9.72. The summed E-state index contributed by atoms with van der Waals surface area (Å²) in [4.78, 5) is 74.5. The van der Waals surface area contributed by atoms with Crippen LogP contribution >= 0.6 is 11.6 Å². The van der Waals surface area contributed by atoms with Crippen molar-refractivity contribution in [3.05, 3.63) is 106 Å². The highest BCUT2D eigenvalue weighted by Gasteiger charge is 2.48. The number of hydrogen-bond donors (Lipinski definition) is 1. The van der Waals surface area contributed by atoms with Gasteiger partial charge in [0, 0.05) is 75.2 Å². The first kappa shape index (κ1) is 37.1. The number of fused-ring (bicyclic) bond motifs is 2. The van der Waals surface area contributed by atoms with Crippen LogP contribution in [-0.2, 0) is 22.7 Å². The zero-order valence-electron chi connectivity index (χ0n) is 31.7. The van der Waals surface area contributed by atoms with Crippen LogP contribution in [0.3, 0.4) is 0 Å². The smallest absolute Gasteiger partial charge is 0.262 e. The van der Waals surface area contributed by atoms with Crippen LogP contribution in [-0.4, -0.2) is 95.1 Å². The van der Waals surface area contributed by atoms with Gasteiger partial charge in [0.25, 0.3) is 17.7 Å². The minimum atomic E-state index is -0.978. The van der Waals surface area contributed by atoms with Crippen LogP contribution in [0, 0.1) is 16.7 Å². The van der Waals surface area contributed by atoms with Crippen LogP contribution in [0.1, 0.15) is 92.7 Å². The molecule has 12 nitrogen and oxygen atoms in total. The molecule has 1 N–H and O–H groups in total. The monoisotopic (exact) mass is 785 g/mol. The minimum absolute atomic E-state index is 0.0408. The number of amides is 5. The summed E-state index contributed by atoms with van der Waals surface area (Å²) in [5.74, 6) is -1.94. The molecule has 9 rings (SSSR count). The van der Waals surface area contributed by atoms with Gasteiger partial charge in [0.2, 0.25) is 11.8 Å². The Kier molecular flexibility index (Phi) is 9.41. The topological polar surface area (TPSA) is 137 Å². The number of nitrogens with one attached hydrogen (secondary N) is 1. The van der Waals surface area contributed by atoms with Crippen LogP contribution in [0.4, 0.5) is 11.4 Å². The molecule has 2 atom stereocenters. The molecule has 5 amide bonds. The molecule has 6 aliphatic rings. The van der Waals surface area contributed by atoms with Gasteiger partial charge in [-0.25, -0.2) is 0 Å². The van der Waals surface area contributed by atoms with Gasteiger partial charge >= 0.3 is 0 Å². The molecule has 57 heavy (non-hydrogen) atoms. The van der Waals surface area contributed by atoms with Gasteiger partial charge in [-0.15, -0.1) is 6.58 Å². The number of carbonyl (C=O) groups excluding carboxylic acids is 5. The number of nitrogens with zero attached hydrogens (tertiary/aromatic N) is 6. The fourth-order valence-electron chi connectivity index (χ4n) is 10.2. The Labute approximate surface area is 336 Å². The largest absolute Gasteiger partial charge is 0.371 e. The first-order chi connectivity index (χ1) is 27.6. The summed E-state index contributed by atoms with van der Waals surface area (Å²) in [5, 5.41) is 12.0. The normalized spacial score (nSPS) is 23.5. The van der Waals surface area contributed by atoms with Gasteiger partial charge in [-0.2, -0.15) is 5.26 Å². The maximum absolute atomic E-state index is 13.6. The third-order valence-corrected chi connectivity index (χ3v) is 13.8. The van der Waals surface area contributed by atoms with E-state index in [2.05, 4.69) is 50.9 Å². The van der Waals surface area contributed by atoms with Crippen LogP contribution in [0.2, 0.25) is 5.02 Å². The summed E-state index contributed by atoms with van der Waals surface area (Å²) < 4.78 is 0. The fraction of sp³-hybridized carbons (Fsp3) is 0.409. The molecular formula is C44H44ClN7O5. The van der Waals surface area contributed by atoms with Gasteiger partial charge in [0.1, 0.15) is 12.1 Å². The standard InChI is InChI=1S/C44H44ClN7O5/c1-2-38-44(15-20-51(38)33-8-5-28(24-46)36(45)23-33)13-18-48(19-14-44)31-6-3-27(4-7-31)41(55)49-16-11-32(12-17-49)50-25-29-21-34-35(22-30(29)26-50)43(57)52(42(34)56)37-9-10-39(53)47-40(37)54/h2-8,21-23,32,37-38H,1,9-20,25-26H2,(H,47,53,54)/t37?,38-/m0/s1. The molecule has 0 aliphatic carbocycles. The van der Waals surface area contributed by atoms with E-state index in [-0.39, 0.29) is 36.2 Å². The molecule has 0 radical (unpaired) electrons. The lowest BCUT2D eigenvalue weighted by Gasteiger charge is -2.44. The molecule has 1 unspecified atom stereocenters. The molecule has 1 spiro atoms. The highest BCUT2D eigenvalue weighted by molar-refractivity contribution is 6.32. The highest BCUT2D eigenvalue weighted by atomic mass is 35.5. The summed E-state index contributed by atoms with van der Waals surface area (Å²) in [6.45, 7) is 9.57. The van der Waals surface area contributed by atoms with Crippen molar-refractivity contribution in [2.75, 3.05) is 42.5 Å². The number of benzene rings is 3. The number of rotatable bonds is 6. The van der Waals surface area contributed by atoms with Crippen LogP contribution in [0.15, 0.2) is 67.3 Å². The van der Waals surface area contributed by atoms with Crippen LogP contribution in [0.25, 0.3) is 0 Å². The van der Waals surface area contributed by atoms with Crippen molar-refractivity contribution in [2.24, 2.45) is 5.41 Å². The van der Waals surface area contributed by atoms with Gasteiger partial charge in [-0.3, -0.25) is 39.1 Å². The predicted molar refractivity (Wildman–Crippen MR) is 214 cm³/mol. The molecule has 0 aromatic heterocycles. The quantitative estimate of drug-likeness (QED) is 0.261. The average Bonchev–Trinajstić information content (AvgIpc) is 3.88. The second kappa shape index (κ2) is 14.5. The molecule has 4 fully saturated rings. The molecule has 4 saturated heterocycles. The highest BCUT2D eigenvalue weighted by Crippen LogP contribution is 2.48. The average molecular weight is 786 g/mol. The van der Waals surface area contributed by atoms with E-state index in [0.717, 1.165) is 79.1 Å². The van der Waals surface area contributed by atoms with E-state index in [4.69, 9.17) is 11.6 Å². The summed E-state index contributed by atoms with van der Waals surface area (Å²) in [6.07, 6.45) is 7.08. The zero-order chi connectivity index (χ0) is 39.6. The van der Waals surface area contributed by atoms with Crippen molar-refractivity contribution < 1.29 is 24.0 Å². The van der Waals surface area contributed by atoms with E-state index in [0.29, 0.717) is 53.5 Å². The maximum Gasteiger partial charge on any atom is 0.262 e. The predicted octanol–water partition coefficient (Wildman–Crippen LogP) is 5.28. The first-order valence-corrected chi connectivity index (χ1v) is 20.3. The Bertz CT molecular complexity index is 2210. The van der Waals surface area contributed by atoms with Crippen LogP contribution < -0.4 is 15.1 Å². The van der Waals surface area contributed by atoms with Crippen molar-refractivity contribution in [2.45, 2.75) is 76.2 Å². The van der Waals surface area contributed by atoms with Crippen molar-refractivity contribution >= 4 is 52.5 Å². The number of likely N-dealkylation sites (tertiary alicyclic amines) is 1. The van der Waals surface area contributed by atoms with E-state index in [1.54, 1.807) is 18.2 Å². The van der Waals surface area contributed by atoms with Gasteiger partial charge < -0.3 is 14.7 Å². The summed E-state index contributed by atoms with van der Waals surface area (Å²) in [5.41, 5.74) is 6.07. The number of halogens is 1. The lowest BCUT2D eigenvalue weighted by Crippen LogP contribution is -2.54. The molecule has 0 saturated carbocycles. The van der Waals surface area contributed by atoms with Gasteiger partial charge in [-0.05, 0) is 110 Å². The van der Waals surface area contributed by atoms with Gasteiger partial charge in [0.15, 0.2) is 0 Å². The van der Waals surface area contributed by atoms with E-state index in [9.17, 15) is 29.2 Å². The molecular weight excluding hydrogens is 742 g/mol. The number of anilines is 2. The van der Waals surface area contributed by atoms with E-state index in [1.165, 1.54) is 0 Å². The Hall–Kier alpha value is -5.51. The number of imide groups is 2.